The van der Waals surface area contributed by atoms with Gasteiger partial charge in [-0.3, -0.25) is 0 Å². The van der Waals surface area contributed by atoms with Crippen molar-refractivity contribution in [2.24, 2.45) is 0 Å². The second kappa shape index (κ2) is 4.50. The van der Waals surface area contributed by atoms with Crippen LogP contribution in [0.15, 0.2) is 12.1 Å². The van der Waals surface area contributed by atoms with Crippen molar-refractivity contribution in [3.8, 4) is 0 Å². The van der Waals surface area contributed by atoms with Crippen molar-refractivity contribution in [2.45, 2.75) is 25.7 Å². The lowest BCUT2D eigenvalue weighted by Gasteiger charge is -2.23. The van der Waals surface area contributed by atoms with Gasteiger partial charge in [0.15, 0.2) is 0 Å². The predicted molar refractivity (Wildman–Crippen MR) is 61.0 cm³/mol. The van der Waals surface area contributed by atoms with Crippen LogP contribution in [0.25, 0.3) is 0 Å². The number of rotatable bonds is 1. The molecule has 1 unspecified atom stereocenters. The van der Waals surface area contributed by atoms with E-state index in [0.717, 1.165) is 37.1 Å². The van der Waals surface area contributed by atoms with Gasteiger partial charge in [-0.05, 0) is 55.5 Å². The van der Waals surface area contributed by atoms with Crippen molar-refractivity contribution >= 4 is 11.6 Å². The molecular weight excluding hydrogens is 213 g/mol. The maximum Gasteiger partial charge on any atom is 0.127 e. The van der Waals surface area contributed by atoms with E-state index >= 15 is 0 Å². The normalized spacial score (nSPS) is 21.7. The van der Waals surface area contributed by atoms with Gasteiger partial charge in [-0.1, -0.05) is 11.6 Å². The average Bonchev–Trinajstić information content (AvgIpc) is 2.25. The van der Waals surface area contributed by atoms with Gasteiger partial charge in [-0.15, -0.1) is 0 Å². The molecule has 1 aliphatic rings. The van der Waals surface area contributed by atoms with E-state index < -0.39 is 0 Å². The molecule has 0 spiro atoms. The zero-order chi connectivity index (χ0) is 10.8. The second-order valence-corrected chi connectivity index (χ2v) is 4.57. The molecule has 1 aliphatic heterocycles. The predicted octanol–water partition coefficient (Wildman–Crippen LogP) is 3.25. The lowest BCUT2D eigenvalue weighted by molar-refractivity contribution is 0.446. The summed E-state index contributed by atoms with van der Waals surface area (Å²) >= 11 is 6.02. The molecule has 0 aromatic heterocycles. The zero-order valence-corrected chi connectivity index (χ0v) is 9.57. The molecule has 1 atom stereocenters. The zero-order valence-electron chi connectivity index (χ0n) is 8.82. The van der Waals surface area contributed by atoms with Crippen molar-refractivity contribution in [1.29, 1.82) is 0 Å². The van der Waals surface area contributed by atoms with E-state index in [2.05, 4.69) is 5.32 Å². The van der Waals surface area contributed by atoms with Crippen LogP contribution >= 0.6 is 11.6 Å². The Balaban J connectivity index is 2.30. The Kier molecular flexibility index (Phi) is 3.27. The molecule has 0 radical (unpaired) electrons. The minimum absolute atomic E-state index is 0.120. The maximum absolute atomic E-state index is 13.7. The van der Waals surface area contributed by atoms with Crippen molar-refractivity contribution in [3.05, 3.63) is 34.1 Å². The van der Waals surface area contributed by atoms with E-state index in [1.165, 1.54) is 6.07 Å². The molecule has 1 aromatic carbocycles. The highest BCUT2D eigenvalue weighted by Gasteiger charge is 2.19. The molecule has 0 saturated carbocycles. The molecule has 2 rings (SSSR count). The van der Waals surface area contributed by atoms with E-state index in [9.17, 15) is 4.39 Å². The van der Waals surface area contributed by atoms with E-state index in [1.807, 2.05) is 6.92 Å². The molecule has 1 aromatic rings. The quantitative estimate of drug-likeness (QED) is 0.777. The second-order valence-electron chi connectivity index (χ2n) is 4.17. The first-order valence-corrected chi connectivity index (χ1v) is 5.72. The first kappa shape index (κ1) is 10.9. The van der Waals surface area contributed by atoms with Crippen LogP contribution in [0.4, 0.5) is 4.39 Å². The highest BCUT2D eigenvalue weighted by molar-refractivity contribution is 6.31. The molecule has 1 N–H and O–H groups in total. The van der Waals surface area contributed by atoms with Crippen LogP contribution in [0.1, 0.15) is 29.9 Å². The molecule has 1 nitrogen and oxygen atoms in total. The topological polar surface area (TPSA) is 12.0 Å². The smallest absolute Gasteiger partial charge is 0.127 e. The van der Waals surface area contributed by atoms with E-state index in [4.69, 9.17) is 11.6 Å². The number of hydrogen-bond donors (Lipinski definition) is 1. The van der Waals surface area contributed by atoms with Crippen molar-refractivity contribution < 1.29 is 4.39 Å². The van der Waals surface area contributed by atoms with Crippen molar-refractivity contribution in [3.63, 3.8) is 0 Å². The molecule has 1 fully saturated rings. The maximum atomic E-state index is 13.7. The molecule has 15 heavy (non-hydrogen) atoms. The lowest BCUT2D eigenvalue weighted by atomic mass is 9.91. The Bertz CT molecular complexity index is 359. The van der Waals surface area contributed by atoms with Gasteiger partial charge in [0, 0.05) is 11.6 Å². The first-order chi connectivity index (χ1) is 7.18. The largest absolute Gasteiger partial charge is 0.316 e. The van der Waals surface area contributed by atoms with Crippen LogP contribution in [-0.2, 0) is 0 Å². The number of halogens is 2. The Morgan fingerprint density at radius 2 is 2.27 bits per heavy atom. The number of piperidine rings is 1. The third kappa shape index (κ3) is 2.32. The number of hydrogen-bond acceptors (Lipinski definition) is 1. The Labute approximate surface area is 94.6 Å². The lowest BCUT2D eigenvalue weighted by Crippen LogP contribution is -2.28. The van der Waals surface area contributed by atoms with E-state index in [1.54, 1.807) is 6.07 Å². The van der Waals surface area contributed by atoms with Crippen LogP contribution in [0.3, 0.4) is 0 Å². The fraction of sp³-hybridized carbons (Fsp3) is 0.500. The van der Waals surface area contributed by atoms with Gasteiger partial charge < -0.3 is 5.32 Å². The summed E-state index contributed by atoms with van der Waals surface area (Å²) in [5.41, 5.74) is 1.57. The van der Waals surface area contributed by atoms with Crippen molar-refractivity contribution in [1.82, 2.24) is 5.32 Å². The van der Waals surface area contributed by atoms with Gasteiger partial charge in [0.25, 0.3) is 0 Å². The summed E-state index contributed by atoms with van der Waals surface area (Å²) in [6.07, 6.45) is 2.15. The SMILES string of the molecule is Cc1cc(F)c(C2CCCNC2)cc1Cl. The van der Waals surface area contributed by atoms with Crippen LogP contribution in [-0.4, -0.2) is 13.1 Å². The number of aryl methyl sites for hydroxylation is 1. The van der Waals surface area contributed by atoms with Crippen molar-refractivity contribution in [2.75, 3.05) is 13.1 Å². The molecule has 3 heteroatoms. The van der Waals surface area contributed by atoms with Gasteiger partial charge in [0.1, 0.15) is 5.82 Å². The van der Waals surface area contributed by atoms with Gasteiger partial charge >= 0.3 is 0 Å². The summed E-state index contributed by atoms with van der Waals surface area (Å²) in [5, 5.41) is 3.95. The van der Waals surface area contributed by atoms with E-state index in [0.29, 0.717) is 5.02 Å². The van der Waals surface area contributed by atoms with Gasteiger partial charge in [-0.25, -0.2) is 4.39 Å². The highest BCUT2D eigenvalue weighted by atomic mass is 35.5. The van der Waals surface area contributed by atoms with Crippen LogP contribution in [0.2, 0.25) is 5.02 Å². The van der Waals surface area contributed by atoms with Crippen LogP contribution < -0.4 is 5.32 Å². The Morgan fingerprint density at radius 3 is 2.93 bits per heavy atom. The molecule has 0 amide bonds. The summed E-state index contributed by atoms with van der Waals surface area (Å²) in [5.74, 6) is 0.155. The third-order valence-electron chi connectivity index (χ3n) is 3.01. The summed E-state index contributed by atoms with van der Waals surface area (Å²) < 4.78 is 13.7. The molecule has 0 aliphatic carbocycles. The Hall–Kier alpha value is -0.600. The average molecular weight is 228 g/mol. The molecule has 1 saturated heterocycles. The summed E-state index contributed by atoms with van der Waals surface area (Å²) in [7, 11) is 0. The van der Waals surface area contributed by atoms with Gasteiger partial charge in [0.05, 0.1) is 0 Å². The monoisotopic (exact) mass is 227 g/mol. The number of nitrogens with one attached hydrogen (secondary N) is 1. The van der Waals surface area contributed by atoms with Gasteiger partial charge in [0.2, 0.25) is 0 Å². The molecule has 82 valence electrons. The molecule has 0 bridgehead atoms. The minimum Gasteiger partial charge on any atom is -0.316 e. The summed E-state index contributed by atoms with van der Waals surface area (Å²) in [6.45, 7) is 3.72. The summed E-state index contributed by atoms with van der Waals surface area (Å²) in [6, 6.07) is 3.32. The third-order valence-corrected chi connectivity index (χ3v) is 3.42. The van der Waals surface area contributed by atoms with Gasteiger partial charge in [-0.2, -0.15) is 0 Å². The number of benzene rings is 1. The first-order valence-electron chi connectivity index (χ1n) is 5.34. The van der Waals surface area contributed by atoms with Crippen LogP contribution in [0.5, 0.6) is 0 Å². The van der Waals surface area contributed by atoms with E-state index in [-0.39, 0.29) is 11.7 Å². The molecular formula is C12H15ClFN. The standard InChI is InChI=1S/C12H15ClFN/c1-8-5-12(14)10(6-11(8)13)9-3-2-4-15-7-9/h5-6,9,15H,2-4,7H2,1H3. The highest BCUT2D eigenvalue weighted by Crippen LogP contribution is 2.29. The fourth-order valence-electron chi connectivity index (χ4n) is 2.09. The Morgan fingerprint density at radius 1 is 1.47 bits per heavy atom. The molecule has 1 heterocycles. The summed E-state index contributed by atoms with van der Waals surface area (Å²) in [4.78, 5) is 0. The minimum atomic E-state index is -0.120. The fourth-order valence-corrected chi connectivity index (χ4v) is 2.26. The van der Waals surface area contributed by atoms with Crippen LogP contribution in [0, 0.1) is 12.7 Å².